The minimum atomic E-state index is -4.38. The van der Waals surface area contributed by atoms with Crippen LogP contribution in [0.2, 0.25) is 0 Å². The van der Waals surface area contributed by atoms with E-state index >= 15 is 0 Å². The van der Waals surface area contributed by atoms with Crippen molar-refractivity contribution in [2.24, 2.45) is 5.14 Å². The number of nitrogens with zero attached hydrogens (tertiary/aromatic N) is 1. The largest absolute Gasteiger partial charge is 0.413 e. The molecule has 10 nitrogen and oxygen atoms in total. The Kier molecular flexibility index (Phi) is 6.09. The summed E-state index contributed by atoms with van der Waals surface area (Å²) in [4.78, 5) is 35.1. The third-order valence-corrected chi connectivity index (χ3v) is 4.95. The molecular formula is C20H15N3O7S. The summed E-state index contributed by atoms with van der Waals surface area (Å²) in [5.41, 5.74) is -0.991. The lowest BCUT2D eigenvalue weighted by molar-refractivity contribution is -0.385. The van der Waals surface area contributed by atoms with Crippen molar-refractivity contribution in [3.05, 3.63) is 94.0 Å². The fraction of sp³-hybridized carbons (Fsp3) is 0. The van der Waals surface area contributed by atoms with Gasteiger partial charge in [-0.2, -0.15) is 0 Å². The molecule has 3 aromatic rings. The normalized spacial score (nSPS) is 10.9. The maximum absolute atomic E-state index is 12.6. The molecule has 0 saturated carbocycles. The van der Waals surface area contributed by atoms with Gasteiger partial charge in [-0.15, -0.1) is 0 Å². The number of nitro benzene ring substituents is 1. The second kappa shape index (κ2) is 8.73. The van der Waals surface area contributed by atoms with E-state index in [2.05, 4.69) is 5.32 Å². The summed E-state index contributed by atoms with van der Waals surface area (Å²) >= 11 is 0. The van der Waals surface area contributed by atoms with Gasteiger partial charge in [-0.1, -0.05) is 36.4 Å². The molecule has 158 valence electrons. The molecule has 0 fully saturated rings. The van der Waals surface area contributed by atoms with Crippen molar-refractivity contribution in [3.8, 4) is 5.75 Å². The summed E-state index contributed by atoms with van der Waals surface area (Å²) in [5, 5.41) is 19.1. The summed E-state index contributed by atoms with van der Waals surface area (Å²) < 4.78 is 28.8. The number of benzene rings is 3. The summed E-state index contributed by atoms with van der Waals surface area (Å²) in [7, 11) is -4.38. The highest BCUT2D eigenvalue weighted by atomic mass is 32.2. The molecule has 0 aliphatic rings. The Morgan fingerprint density at radius 1 is 0.935 bits per heavy atom. The molecule has 0 spiro atoms. The second-order valence-corrected chi connectivity index (χ2v) is 7.76. The van der Waals surface area contributed by atoms with Gasteiger partial charge in [0.1, 0.15) is 0 Å². The number of anilines is 1. The van der Waals surface area contributed by atoms with Crippen molar-refractivity contribution in [1.82, 2.24) is 0 Å². The summed E-state index contributed by atoms with van der Waals surface area (Å²) in [6.07, 6.45) is 0. The van der Waals surface area contributed by atoms with Crippen LogP contribution in [0.4, 0.5) is 11.4 Å². The molecule has 0 aliphatic carbocycles. The maximum Gasteiger partial charge on any atom is 0.343 e. The van der Waals surface area contributed by atoms with Crippen LogP contribution in [0.1, 0.15) is 20.7 Å². The number of nitrogens with two attached hydrogens (primary N) is 1. The van der Waals surface area contributed by atoms with Gasteiger partial charge in [-0.05, 0) is 30.3 Å². The molecule has 0 heterocycles. The van der Waals surface area contributed by atoms with Crippen molar-refractivity contribution in [2.45, 2.75) is 4.90 Å². The van der Waals surface area contributed by atoms with E-state index in [1.54, 1.807) is 36.4 Å². The van der Waals surface area contributed by atoms with Crippen LogP contribution in [-0.2, 0) is 10.0 Å². The van der Waals surface area contributed by atoms with Crippen LogP contribution in [-0.4, -0.2) is 25.2 Å². The molecule has 0 aliphatic heterocycles. The van der Waals surface area contributed by atoms with E-state index < -0.39 is 48.8 Å². The highest BCUT2D eigenvalue weighted by Crippen LogP contribution is 2.38. The van der Waals surface area contributed by atoms with E-state index in [0.717, 1.165) is 6.07 Å². The third kappa shape index (κ3) is 5.10. The molecule has 0 aromatic heterocycles. The molecule has 0 radical (unpaired) electrons. The first-order valence-electron chi connectivity index (χ1n) is 8.65. The highest BCUT2D eigenvalue weighted by molar-refractivity contribution is 7.89. The Balaban J connectivity index is 2.12. The van der Waals surface area contributed by atoms with Gasteiger partial charge in [0.15, 0.2) is 0 Å². The number of hydrogen-bond acceptors (Lipinski definition) is 7. The predicted molar refractivity (Wildman–Crippen MR) is 110 cm³/mol. The molecule has 3 aromatic carbocycles. The highest BCUT2D eigenvalue weighted by Gasteiger charge is 2.28. The smallest absolute Gasteiger partial charge is 0.343 e. The van der Waals surface area contributed by atoms with Gasteiger partial charge in [0.25, 0.3) is 5.91 Å². The number of ether oxygens (including phenoxy) is 1. The average molecular weight is 441 g/mol. The van der Waals surface area contributed by atoms with E-state index in [9.17, 15) is 28.1 Å². The van der Waals surface area contributed by atoms with Crippen LogP contribution in [0.5, 0.6) is 5.75 Å². The summed E-state index contributed by atoms with van der Waals surface area (Å²) in [6, 6.07) is 17.0. The van der Waals surface area contributed by atoms with Gasteiger partial charge < -0.3 is 10.1 Å². The van der Waals surface area contributed by atoms with Crippen LogP contribution in [0.15, 0.2) is 77.7 Å². The number of amides is 1. The SMILES string of the molecule is NS(=O)(=O)c1cc(NC(=O)c2ccccc2)c(OC(=O)c2ccccc2)c([N+](=O)[O-])c1. The maximum atomic E-state index is 12.6. The molecule has 0 unspecified atom stereocenters. The minimum absolute atomic E-state index is 0.0904. The van der Waals surface area contributed by atoms with Crippen LogP contribution < -0.4 is 15.2 Å². The molecule has 3 N–H and O–H groups in total. The van der Waals surface area contributed by atoms with E-state index in [4.69, 9.17) is 9.88 Å². The fourth-order valence-electron chi connectivity index (χ4n) is 2.60. The predicted octanol–water partition coefficient (Wildman–Crippen LogP) is 2.71. The number of esters is 1. The lowest BCUT2D eigenvalue weighted by Crippen LogP contribution is -2.18. The Morgan fingerprint density at radius 2 is 1.48 bits per heavy atom. The average Bonchev–Trinajstić information content (AvgIpc) is 2.74. The lowest BCUT2D eigenvalue weighted by Gasteiger charge is -2.13. The zero-order valence-corrected chi connectivity index (χ0v) is 16.5. The van der Waals surface area contributed by atoms with E-state index in [1.807, 2.05) is 0 Å². The monoisotopic (exact) mass is 441 g/mol. The van der Waals surface area contributed by atoms with Crippen molar-refractivity contribution >= 4 is 33.3 Å². The van der Waals surface area contributed by atoms with Crippen LogP contribution in [0, 0.1) is 10.1 Å². The number of carbonyl (C=O) groups is 2. The third-order valence-electron chi connectivity index (χ3n) is 4.06. The number of rotatable bonds is 6. The number of nitro groups is 1. The van der Waals surface area contributed by atoms with Crippen LogP contribution in [0.25, 0.3) is 0 Å². The van der Waals surface area contributed by atoms with Crippen molar-refractivity contribution in [1.29, 1.82) is 0 Å². The number of hydrogen-bond donors (Lipinski definition) is 2. The number of carbonyl (C=O) groups excluding carboxylic acids is 2. The zero-order valence-electron chi connectivity index (χ0n) is 15.7. The van der Waals surface area contributed by atoms with Gasteiger partial charge >= 0.3 is 11.7 Å². The van der Waals surface area contributed by atoms with Crippen molar-refractivity contribution in [3.63, 3.8) is 0 Å². The van der Waals surface area contributed by atoms with E-state index in [0.29, 0.717) is 6.07 Å². The molecular weight excluding hydrogens is 426 g/mol. The first kappa shape index (κ1) is 21.6. The van der Waals surface area contributed by atoms with E-state index in [1.165, 1.54) is 24.3 Å². The number of primary sulfonamides is 1. The van der Waals surface area contributed by atoms with Crippen molar-refractivity contribution in [2.75, 3.05) is 5.32 Å². The summed E-state index contributed by atoms with van der Waals surface area (Å²) in [5.74, 6) is -2.28. The first-order chi connectivity index (χ1) is 14.7. The van der Waals surface area contributed by atoms with Crippen molar-refractivity contribution < 1.29 is 27.7 Å². The second-order valence-electron chi connectivity index (χ2n) is 6.20. The van der Waals surface area contributed by atoms with Gasteiger partial charge in [-0.3, -0.25) is 14.9 Å². The first-order valence-corrected chi connectivity index (χ1v) is 10.2. The molecule has 0 saturated heterocycles. The fourth-order valence-corrected chi connectivity index (χ4v) is 3.16. The quantitative estimate of drug-likeness (QED) is 0.257. The molecule has 3 rings (SSSR count). The molecule has 0 bridgehead atoms. The van der Waals surface area contributed by atoms with Gasteiger partial charge in [0.2, 0.25) is 15.8 Å². The minimum Gasteiger partial charge on any atom is -0.413 e. The molecule has 11 heteroatoms. The van der Waals surface area contributed by atoms with E-state index in [-0.39, 0.29) is 11.1 Å². The van der Waals surface area contributed by atoms with Crippen LogP contribution in [0.3, 0.4) is 0 Å². The number of sulfonamides is 1. The molecule has 31 heavy (non-hydrogen) atoms. The molecule has 0 atom stereocenters. The molecule has 1 amide bonds. The lowest BCUT2D eigenvalue weighted by atomic mass is 10.2. The Bertz CT molecular complexity index is 1260. The van der Waals surface area contributed by atoms with Gasteiger partial charge in [0.05, 0.1) is 21.1 Å². The van der Waals surface area contributed by atoms with Gasteiger partial charge in [-0.25, -0.2) is 18.4 Å². The zero-order chi connectivity index (χ0) is 22.6. The Labute approximate surface area is 176 Å². The Morgan fingerprint density at radius 3 is 2.00 bits per heavy atom. The Hall–Kier alpha value is -4.09. The standard InChI is InChI=1S/C20H15N3O7S/c21-31(28,29)15-11-16(22-19(24)13-7-3-1-4-8-13)18(17(12-15)23(26)27)30-20(25)14-9-5-2-6-10-14/h1-12H,(H,22,24)(H2,21,28,29). The van der Waals surface area contributed by atoms with Gasteiger partial charge in [0, 0.05) is 11.6 Å². The summed E-state index contributed by atoms with van der Waals surface area (Å²) in [6.45, 7) is 0. The number of nitrogens with one attached hydrogen (secondary N) is 1. The van der Waals surface area contributed by atoms with Crippen LogP contribution >= 0.6 is 0 Å². The topological polar surface area (TPSA) is 159 Å².